The van der Waals surface area contributed by atoms with Crippen molar-refractivity contribution >= 4 is 11.4 Å². The fraction of sp³-hybridized carbons (Fsp3) is 0.250. The molecule has 60 valence electrons. The zero-order chi connectivity index (χ0) is 8.27. The Morgan fingerprint density at radius 3 is 2.73 bits per heavy atom. The molecule has 2 nitrogen and oxygen atoms in total. The molecule has 0 amide bonds. The van der Waals surface area contributed by atoms with Gasteiger partial charge in [0.2, 0.25) is 0 Å². The van der Waals surface area contributed by atoms with Gasteiger partial charge in [0, 0.05) is 7.05 Å². The van der Waals surface area contributed by atoms with Gasteiger partial charge in [-0.3, -0.25) is 0 Å². The number of aryl methyl sites for hydroxylation is 1. The topological polar surface area (TPSA) is 35.1 Å². The summed E-state index contributed by atoms with van der Waals surface area (Å²) in [6.07, 6.45) is 0. The van der Waals surface area contributed by atoms with Crippen LogP contribution >= 0.6 is 0 Å². The van der Waals surface area contributed by atoms with Gasteiger partial charge in [-0.05, 0) is 24.6 Å². The molecule has 0 aliphatic carbocycles. The Morgan fingerprint density at radius 2 is 2.18 bits per heavy atom. The van der Waals surface area contributed by atoms with E-state index in [1.807, 2.05) is 31.2 Å². The highest BCUT2D eigenvalue weighted by molar-refractivity contribution is 7.89. The van der Waals surface area contributed by atoms with Gasteiger partial charge in [-0.15, -0.1) is 4.72 Å². The zero-order valence-corrected chi connectivity index (χ0v) is 7.44. The lowest BCUT2D eigenvalue weighted by Crippen LogP contribution is -2.18. The Morgan fingerprint density at radius 1 is 1.45 bits per heavy atom. The van der Waals surface area contributed by atoms with Crippen molar-refractivity contribution in [2.45, 2.75) is 11.8 Å². The number of benzene rings is 1. The second kappa shape index (κ2) is 3.76. The van der Waals surface area contributed by atoms with Crippen molar-refractivity contribution in [3.8, 4) is 0 Å². The van der Waals surface area contributed by atoms with Gasteiger partial charge in [-0.25, -0.2) is 0 Å². The fourth-order valence-corrected chi connectivity index (χ4v) is 1.58. The molecule has 1 aromatic carbocycles. The Kier molecular flexibility index (Phi) is 2.93. The van der Waals surface area contributed by atoms with Crippen LogP contribution in [0.2, 0.25) is 0 Å². The first-order valence-corrected chi connectivity index (χ1v) is 4.55. The lowest BCUT2D eigenvalue weighted by molar-refractivity contribution is 0.587. The SMILES string of the molecule is CN[S+]([O-])c1cccc(C)c1. The quantitative estimate of drug-likeness (QED) is 0.676. The van der Waals surface area contributed by atoms with Crippen LogP contribution in [0.1, 0.15) is 5.56 Å². The highest BCUT2D eigenvalue weighted by Crippen LogP contribution is 2.09. The van der Waals surface area contributed by atoms with Crippen molar-refractivity contribution in [3.63, 3.8) is 0 Å². The van der Waals surface area contributed by atoms with Crippen LogP contribution < -0.4 is 4.72 Å². The van der Waals surface area contributed by atoms with Gasteiger partial charge >= 0.3 is 0 Å². The van der Waals surface area contributed by atoms with Crippen molar-refractivity contribution in [1.82, 2.24) is 4.72 Å². The van der Waals surface area contributed by atoms with Crippen LogP contribution in [0.25, 0.3) is 0 Å². The molecule has 0 radical (unpaired) electrons. The highest BCUT2D eigenvalue weighted by Gasteiger charge is 2.06. The standard InChI is InChI=1S/C8H11NOS/c1-7-4-3-5-8(6-7)11(10)9-2/h3-6,9H,1-2H3. The third-order valence-corrected chi connectivity index (χ3v) is 2.44. The molecular weight excluding hydrogens is 158 g/mol. The molecule has 0 spiro atoms. The van der Waals surface area contributed by atoms with Gasteiger partial charge in [-0.2, -0.15) is 0 Å². The van der Waals surface area contributed by atoms with Crippen molar-refractivity contribution in [2.75, 3.05) is 7.05 Å². The van der Waals surface area contributed by atoms with Crippen LogP contribution in [0.3, 0.4) is 0 Å². The second-order valence-corrected chi connectivity index (χ2v) is 3.71. The van der Waals surface area contributed by atoms with Crippen LogP contribution in [0.5, 0.6) is 0 Å². The number of hydrogen-bond donors (Lipinski definition) is 1. The largest absolute Gasteiger partial charge is 0.593 e. The zero-order valence-electron chi connectivity index (χ0n) is 6.63. The summed E-state index contributed by atoms with van der Waals surface area (Å²) in [7, 11) is 1.68. The molecular formula is C8H11NOS. The molecule has 0 aliphatic heterocycles. The average Bonchev–Trinajstić information content (AvgIpc) is 2.03. The number of hydrogen-bond acceptors (Lipinski definition) is 2. The molecule has 1 atom stereocenters. The molecule has 1 N–H and O–H groups in total. The molecule has 1 rings (SSSR count). The van der Waals surface area contributed by atoms with Crippen LogP contribution in [0.4, 0.5) is 0 Å². The van der Waals surface area contributed by atoms with Crippen molar-refractivity contribution < 1.29 is 4.55 Å². The maximum absolute atomic E-state index is 11.2. The van der Waals surface area contributed by atoms with E-state index >= 15 is 0 Å². The predicted molar refractivity (Wildman–Crippen MR) is 46.6 cm³/mol. The molecule has 0 aliphatic rings. The summed E-state index contributed by atoms with van der Waals surface area (Å²) in [4.78, 5) is 0.826. The van der Waals surface area contributed by atoms with E-state index in [-0.39, 0.29) is 0 Å². The molecule has 0 saturated carbocycles. The molecule has 1 aromatic rings. The van der Waals surface area contributed by atoms with E-state index in [1.54, 1.807) is 7.05 Å². The van der Waals surface area contributed by atoms with E-state index in [1.165, 1.54) is 0 Å². The normalized spacial score (nSPS) is 13.0. The Labute approximate surface area is 69.9 Å². The summed E-state index contributed by atoms with van der Waals surface area (Å²) in [6, 6.07) is 7.64. The molecule has 0 fully saturated rings. The minimum atomic E-state index is -1.05. The molecule has 0 aromatic heterocycles. The van der Waals surface area contributed by atoms with E-state index in [0.717, 1.165) is 10.5 Å². The summed E-state index contributed by atoms with van der Waals surface area (Å²) >= 11 is -1.05. The Hall–Kier alpha value is -0.510. The first-order valence-electron chi connectivity index (χ1n) is 3.40. The van der Waals surface area contributed by atoms with E-state index in [0.29, 0.717) is 0 Å². The lowest BCUT2D eigenvalue weighted by Gasteiger charge is -2.06. The molecule has 0 bridgehead atoms. The smallest absolute Gasteiger partial charge is 0.174 e. The predicted octanol–water partition coefficient (Wildman–Crippen LogP) is 1.24. The first kappa shape index (κ1) is 8.59. The van der Waals surface area contributed by atoms with Gasteiger partial charge < -0.3 is 4.55 Å². The minimum Gasteiger partial charge on any atom is -0.593 e. The van der Waals surface area contributed by atoms with Crippen LogP contribution in [-0.4, -0.2) is 11.6 Å². The summed E-state index contributed by atoms with van der Waals surface area (Å²) in [5.74, 6) is 0. The lowest BCUT2D eigenvalue weighted by atomic mass is 10.2. The van der Waals surface area contributed by atoms with E-state index in [9.17, 15) is 4.55 Å². The molecule has 3 heteroatoms. The fourth-order valence-electron chi connectivity index (χ4n) is 0.849. The third-order valence-electron chi connectivity index (χ3n) is 1.39. The van der Waals surface area contributed by atoms with Crippen LogP contribution in [0, 0.1) is 6.92 Å². The van der Waals surface area contributed by atoms with Crippen molar-refractivity contribution in [2.24, 2.45) is 0 Å². The minimum absolute atomic E-state index is 0.826. The Bertz CT molecular complexity index is 239. The molecule has 0 heterocycles. The summed E-state index contributed by atoms with van der Waals surface area (Å²) < 4.78 is 13.8. The van der Waals surface area contributed by atoms with Gasteiger partial charge in [-0.1, -0.05) is 12.1 Å². The summed E-state index contributed by atoms with van der Waals surface area (Å²) in [5, 5.41) is 0. The van der Waals surface area contributed by atoms with Crippen LogP contribution in [0.15, 0.2) is 29.2 Å². The summed E-state index contributed by atoms with van der Waals surface area (Å²) in [6.45, 7) is 1.98. The average molecular weight is 169 g/mol. The van der Waals surface area contributed by atoms with E-state index in [4.69, 9.17) is 0 Å². The van der Waals surface area contributed by atoms with Gasteiger partial charge in [0.25, 0.3) is 0 Å². The van der Waals surface area contributed by atoms with Gasteiger partial charge in [0.05, 0.1) is 11.4 Å². The molecule has 11 heavy (non-hydrogen) atoms. The maximum Gasteiger partial charge on any atom is 0.174 e. The second-order valence-electron chi connectivity index (χ2n) is 2.29. The van der Waals surface area contributed by atoms with E-state index in [2.05, 4.69) is 4.72 Å². The van der Waals surface area contributed by atoms with Crippen LogP contribution in [-0.2, 0) is 11.4 Å². The summed E-state index contributed by atoms with van der Waals surface area (Å²) in [5.41, 5.74) is 1.13. The monoisotopic (exact) mass is 169 g/mol. The van der Waals surface area contributed by atoms with Gasteiger partial charge in [0.15, 0.2) is 4.90 Å². The Balaban J connectivity index is 2.86. The van der Waals surface area contributed by atoms with Gasteiger partial charge in [0.1, 0.15) is 0 Å². The molecule has 1 unspecified atom stereocenters. The number of rotatable bonds is 2. The third kappa shape index (κ3) is 2.22. The maximum atomic E-state index is 11.2. The highest BCUT2D eigenvalue weighted by atomic mass is 32.2. The van der Waals surface area contributed by atoms with E-state index < -0.39 is 11.4 Å². The first-order chi connectivity index (χ1) is 5.24. The molecule has 0 saturated heterocycles. The number of nitrogens with one attached hydrogen (secondary N) is 1. The van der Waals surface area contributed by atoms with Crippen molar-refractivity contribution in [3.05, 3.63) is 29.8 Å². The van der Waals surface area contributed by atoms with Crippen molar-refractivity contribution in [1.29, 1.82) is 0 Å².